The summed E-state index contributed by atoms with van der Waals surface area (Å²) in [5, 5.41) is 8.77. The number of carbonyl (C=O) groups is 1. The van der Waals surface area contributed by atoms with Gasteiger partial charge in [-0.1, -0.05) is 6.07 Å². The van der Waals surface area contributed by atoms with Gasteiger partial charge < -0.3 is 16.2 Å². The highest BCUT2D eigenvalue weighted by molar-refractivity contribution is 5.95. The average molecular weight is 364 g/mol. The van der Waals surface area contributed by atoms with Crippen molar-refractivity contribution in [3.63, 3.8) is 0 Å². The van der Waals surface area contributed by atoms with Gasteiger partial charge in [-0.25, -0.2) is 4.98 Å². The number of nitrogens with two attached hydrogens (primary N) is 2. The fraction of sp³-hybridized carbons (Fsp3) is 0.235. The second-order valence-electron chi connectivity index (χ2n) is 5.31. The molecule has 136 valence electrons. The normalized spacial score (nSPS) is 11.0. The van der Waals surface area contributed by atoms with Crippen molar-refractivity contribution in [3.8, 4) is 17.7 Å². The summed E-state index contributed by atoms with van der Waals surface area (Å²) in [6.45, 7) is -0.134. The van der Waals surface area contributed by atoms with Crippen LogP contribution >= 0.6 is 0 Å². The molecule has 4 N–H and O–H groups in total. The van der Waals surface area contributed by atoms with Gasteiger partial charge in [-0.3, -0.25) is 4.79 Å². The summed E-state index contributed by atoms with van der Waals surface area (Å²) in [5.74, 6) is -0.950. The number of halogens is 3. The number of aromatic nitrogens is 1. The molecule has 0 aliphatic carbocycles. The number of hydrogen-bond acceptors (Lipinski definition) is 5. The molecule has 0 radical (unpaired) electrons. The van der Waals surface area contributed by atoms with Crippen LogP contribution in [0, 0.1) is 11.3 Å². The van der Waals surface area contributed by atoms with Crippen LogP contribution in [-0.2, 0) is 19.1 Å². The number of nitriles is 1. The Bertz CT molecular complexity index is 860. The van der Waals surface area contributed by atoms with E-state index in [0.717, 1.165) is 6.07 Å². The Balaban J connectivity index is 2.49. The molecule has 2 aromatic rings. The third-order valence-corrected chi connectivity index (χ3v) is 3.49. The van der Waals surface area contributed by atoms with Crippen LogP contribution in [0.5, 0.6) is 11.6 Å². The number of ether oxygens (including phenoxy) is 1. The van der Waals surface area contributed by atoms with Crippen molar-refractivity contribution in [2.45, 2.75) is 25.6 Å². The highest BCUT2D eigenvalue weighted by Crippen LogP contribution is 2.33. The number of amides is 1. The molecule has 1 heterocycles. The largest absolute Gasteiger partial charge is 0.439 e. The van der Waals surface area contributed by atoms with Gasteiger partial charge in [0.05, 0.1) is 6.07 Å². The third-order valence-electron chi connectivity index (χ3n) is 3.49. The van der Waals surface area contributed by atoms with Crippen molar-refractivity contribution in [2.75, 3.05) is 0 Å². The van der Waals surface area contributed by atoms with E-state index in [-0.39, 0.29) is 42.1 Å². The Morgan fingerprint density at radius 2 is 2.04 bits per heavy atom. The summed E-state index contributed by atoms with van der Waals surface area (Å²) in [5.41, 5.74) is 10.3. The molecule has 0 aliphatic rings. The molecular weight excluding hydrogens is 349 g/mol. The number of pyridine rings is 1. The van der Waals surface area contributed by atoms with Crippen molar-refractivity contribution >= 4 is 5.91 Å². The molecule has 1 aromatic carbocycles. The van der Waals surface area contributed by atoms with Crippen molar-refractivity contribution in [1.29, 1.82) is 5.26 Å². The Hall–Kier alpha value is -3.12. The number of alkyl halides is 3. The minimum absolute atomic E-state index is 0.0741. The predicted octanol–water partition coefficient (Wildman–Crippen LogP) is 2.91. The molecule has 0 saturated heterocycles. The van der Waals surface area contributed by atoms with Crippen LogP contribution in [0.15, 0.2) is 30.3 Å². The molecular formula is C17H15F3N4O2. The molecule has 0 bridgehead atoms. The van der Waals surface area contributed by atoms with E-state index in [4.69, 9.17) is 21.5 Å². The van der Waals surface area contributed by atoms with Gasteiger partial charge in [-0.05, 0) is 30.2 Å². The second kappa shape index (κ2) is 7.84. The van der Waals surface area contributed by atoms with Crippen LogP contribution < -0.4 is 16.2 Å². The maximum atomic E-state index is 13.0. The molecule has 9 heteroatoms. The first-order chi connectivity index (χ1) is 12.3. The molecule has 0 spiro atoms. The fourth-order valence-electron chi connectivity index (χ4n) is 2.32. The first kappa shape index (κ1) is 19.2. The maximum Gasteiger partial charge on any atom is 0.433 e. The van der Waals surface area contributed by atoms with Gasteiger partial charge in [0, 0.05) is 30.2 Å². The van der Waals surface area contributed by atoms with Crippen LogP contribution in [0.2, 0.25) is 0 Å². The number of primary amides is 1. The zero-order valence-corrected chi connectivity index (χ0v) is 13.5. The lowest BCUT2D eigenvalue weighted by Crippen LogP contribution is -2.15. The quantitative estimate of drug-likeness (QED) is 0.818. The van der Waals surface area contributed by atoms with Crippen molar-refractivity contribution in [1.82, 2.24) is 4.98 Å². The Morgan fingerprint density at radius 3 is 2.62 bits per heavy atom. The molecule has 0 unspecified atom stereocenters. The average Bonchev–Trinajstić information content (AvgIpc) is 2.59. The summed E-state index contributed by atoms with van der Waals surface area (Å²) in [6, 6.07) is 8.43. The van der Waals surface area contributed by atoms with Gasteiger partial charge in [-0.2, -0.15) is 18.4 Å². The molecule has 2 rings (SSSR count). The molecule has 0 atom stereocenters. The lowest BCUT2D eigenvalue weighted by Gasteiger charge is -2.15. The summed E-state index contributed by atoms with van der Waals surface area (Å²) in [6.07, 6.45) is -4.44. The summed E-state index contributed by atoms with van der Waals surface area (Å²) in [7, 11) is 0. The molecule has 0 aliphatic heterocycles. The lowest BCUT2D eigenvalue weighted by molar-refractivity contribution is -0.141. The first-order valence-electron chi connectivity index (χ1n) is 7.51. The highest BCUT2D eigenvalue weighted by Gasteiger charge is 2.33. The van der Waals surface area contributed by atoms with Crippen molar-refractivity contribution < 1.29 is 22.7 Å². The van der Waals surface area contributed by atoms with E-state index in [0.29, 0.717) is 5.56 Å². The Morgan fingerprint density at radius 1 is 1.31 bits per heavy atom. The van der Waals surface area contributed by atoms with Crippen LogP contribution in [0.3, 0.4) is 0 Å². The smallest absolute Gasteiger partial charge is 0.433 e. The Labute approximate surface area is 147 Å². The van der Waals surface area contributed by atoms with E-state index in [1.165, 1.54) is 24.3 Å². The monoisotopic (exact) mass is 364 g/mol. The molecule has 0 fully saturated rings. The van der Waals surface area contributed by atoms with Gasteiger partial charge in [-0.15, -0.1) is 0 Å². The molecule has 1 amide bonds. The van der Waals surface area contributed by atoms with Crippen LogP contribution in [-0.4, -0.2) is 10.9 Å². The van der Waals surface area contributed by atoms with E-state index in [2.05, 4.69) is 4.98 Å². The first-order valence-corrected chi connectivity index (χ1v) is 7.51. The minimum atomic E-state index is -4.66. The van der Waals surface area contributed by atoms with Crippen LogP contribution in [0.4, 0.5) is 13.2 Å². The van der Waals surface area contributed by atoms with Gasteiger partial charge in [0.2, 0.25) is 11.8 Å². The fourth-order valence-corrected chi connectivity index (χ4v) is 2.32. The van der Waals surface area contributed by atoms with E-state index < -0.39 is 17.8 Å². The zero-order valence-electron chi connectivity index (χ0n) is 13.5. The summed E-state index contributed by atoms with van der Waals surface area (Å²) < 4.78 is 44.4. The van der Waals surface area contributed by atoms with E-state index in [1.807, 2.05) is 6.07 Å². The number of benzene rings is 1. The Kier molecular flexibility index (Phi) is 5.79. The molecule has 26 heavy (non-hydrogen) atoms. The number of hydrogen-bond donors (Lipinski definition) is 2. The minimum Gasteiger partial charge on any atom is -0.439 e. The highest BCUT2D eigenvalue weighted by atomic mass is 19.4. The van der Waals surface area contributed by atoms with Gasteiger partial charge in [0.25, 0.3) is 0 Å². The molecule has 1 aromatic heterocycles. The number of nitrogens with zero attached hydrogens (tertiary/aromatic N) is 2. The van der Waals surface area contributed by atoms with E-state index in [9.17, 15) is 18.0 Å². The number of carbonyl (C=O) groups excluding carboxylic acids is 1. The summed E-state index contributed by atoms with van der Waals surface area (Å²) in [4.78, 5) is 15.0. The van der Waals surface area contributed by atoms with Crippen molar-refractivity contribution in [3.05, 3.63) is 52.7 Å². The molecule has 6 nitrogen and oxygen atoms in total. The second-order valence-corrected chi connectivity index (χ2v) is 5.31. The lowest BCUT2D eigenvalue weighted by atomic mass is 10.0. The van der Waals surface area contributed by atoms with Crippen LogP contribution in [0.1, 0.15) is 33.6 Å². The van der Waals surface area contributed by atoms with Crippen molar-refractivity contribution in [2.24, 2.45) is 11.5 Å². The van der Waals surface area contributed by atoms with E-state index in [1.54, 1.807) is 0 Å². The standard InChI is InChI=1S/C17H15F3N4O2/c18-17(19,20)14-7-10(9-22)8-15(24-14)26-13-5-1-3-12(16(23)25)11(13)4-2-6-21/h1,3,5,7-8H,2,4,9,22H2,(H2,23,25). The van der Waals surface area contributed by atoms with Crippen LogP contribution in [0.25, 0.3) is 0 Å². The predicted molar refractivity (Wildman–Crippen MR) is 86.1 cm³/mol. The SMILES string of the molecule is N#CCCc1c(Oc2cc(CN)cc(C(F)(F)F)n2)cccc1C(N)=O. The third kappa shape index (κ3) is 4.49. The zero-order chi connectivity index (χ0) is 19.3. The maximum absolute atomic E-state index is 13.0. The van der Waals surface area contributed by atoms with Gasteiger partial charge >= 0.3 is 6.18 Å². The molecule has 0 saturated carbocycles. The summed E-state index contributed by atoms with van der Waals surface area (Å²) >= 11 is 0. The van der Waals surface area contributed by atoms with Gasteiger partial charge in [0.1, 0.15) is 11.4 Å². The topological polar surface area (TPSA) is 115 Å². The number of rotatable bonds is 6. The van der Waals surface area contributed by atoms with E-state index >= 15 is 0 Å². The van der Waals surface area contributed by atoms with Gasteiger partial charge in [0.15, 0.2) is 0 Å².